The lowest BCUT2D eigenvalue weighted by molar-refractivity contribution is 0.0997. The molecule has 31 heavy (non-hydrogen) atoms. The van der Waals surface area contributed by atoms with Crippen LogP contribution in [0.3, 0.4) is 0 Å². The van der Waals surface area contributed by atoms with E-state index in [4.69, 9.17) is 21.9 Å². The van der Waals surface area contributed by atoms with E-state index in [1.54, 1.807) is 26.8 Å². The van der Waals surface area contributed by atoms with E-state index in [2.05, 4.69) is 9.88 Å². The second-order valence-electron chi connectivity index (χ2n) is 7.13. The number of thiophene rings is 1. The Labute approximate surface area is 188 Å². The summed E-state index contributed by atoms with van der Waals surface area (Å²) in [5.41, 5.74) is 8.35. The first-order valence-electron chi connectivity index (χ1n) is 9.05. The Kier molecular flexibility index (Phi) is 6.01. The summed E-state index contributed by atoms with van der Waals surface area (Å²) < 4.78 is 34.0. The molecule has 1 aromatic carbocycles. The molecule has 164 valence electrons. The second kappa shape index (κ2) is 8.10. The molecule has 1 amide bonds. The van der Waals surface area contributed by atoms with Gasteiger partial charge in [-0.3, -0.25) is 9.59 Å². The second-order valence-corrected chi connectivity index (χ2v) is 10.4. The zero-order valence-electron chi connectivity index (χ0n) is 17.4. The maximum atomic E-state index is 13.4. The highest BCUT2D eigenvalue weighted by molar-refractivity contribution is 7.93. The minimum atomic E-state index is -4.40. The van der Waals surface area contributed by atoms with E-state index in [-0.39, 0.29) is 32.0 Å². The molecule has 2 aromatic heterocycles. The van der Waals surface area contributed by atoms with Crippen molar-refractivity contribution in [2.75, 3.05) is 4.72 Å². The van der Waals surface area contributed by atoms with Crippen molar-refractivity contribution in [1.29, 1.82) is 0 Å². The topological polar surface area (TPSA) is 132 Å². The summed E-state index contributed by atoms with van der Waals surface area (Å²) >= 11 is 7.00. The van der Waals surface area contributed by atoms with Crippen molar-refractivity contribution in [1.82, 2.24) is 5.16 Å². The molecule has 0 fully saturated rings. The lowest BCUT2D eigenvalue weighted by Crippen LogP contribution is -2.19. The van der Waals surface area contributed by atoms with Gasteiger partial charge in [0, 0.05) is 16.0 Å². The number of nitrogens with two attached hydrogens (primary N) is 1. The van der Waals surface area contributed by atoms with Gasteiger partial charge < -0.3 is 10.3 Å². The van der Waals surface area contributed by atoms with Crippen molar-refractivity contribution in [3.05, 3.63) is 49.3 Å². The van der Waals surface area contributed by atoms with Gasteiger partial charge in [-0.25, -0.2) is 13.1 Å². The Morgan fingerprint density at radius 3 is 2.32 bits per heavy atom. The molecule has 0 aliphatic heterocycles. The van der Waals surface area contributed by atoms with Gasteiger partial charge in [0.05, 0.1) is 0 Å². The van der Waals surface area contributed by atoms with Gasteiger partial charge >= 0.3 is 0 Å². The number of anilines is 1. The van der Waals surface area contributed by atoms with Crippen LogP contribution in [0.15, 0.2) is 21.6 Å². The highest BCUT2D eigenvalue weighted by atomic mass is 35.5. The molecule has 2 heterocycles. The molecule has 11 heteroatoms. The van der Waals surface area contributed by atoms with Crippen LogP contribution in [0, 0.1) is 27.7 Å². The van der Waals surface area contributed by atoms with Gasteiger partial charge in [0.15, 0.2) is 5.78 Å². The van der Waals surface area contributed by atoms with Crippen LogP contribution in [0.4, 0.5) is 5.88 Å². The number of aromatic nitrogens is 1. The van der Waals surface area contributed by atoms with Crippen molar-refractivity contribution in [3.63, 3.8) is 0 Å². The van der Waals surface area contributed by atoms with Crippen molar-refractivity contribution in [2.45, 2.75) is 39.5 Å². The number of sulfonamides is 1. The summed E-state index contributed by atoms with van der Waals surface area (Å²) in [6, 6.07) is 3.52. The standard InChI is InChI=1S/C20H20ClN3O5S2/c1-8-6-9(2)14(13(7-8)11(4)25)15-12(5)30-17(19(22)26)18(15)31(27,28)24-20-16(21)10(3)23-29-20/h6-7,24H,1-5H3,(H2,22,26). The van der Waals surface area contributed by atoms with Gasteiger partial charge in [0.1, 0.15) is 20.5 Å². The van der Waals surface area contributed by atoms with Crippen LogP contribution >= 0.6 is 22.9 Å². The number of rotatable bonds is 6. The summed E-state index contributed by atoms with van der Waals surface area (Å²) in [6.45, 7) is 8.23. The number of primary amides is 1. The monoisotopic (exact) mass is 481 g/mol. The van der Waals surface area contributed by atoms with E-state index in [0.717, 1.165) is 16.9 Å². The molecule has 8 nitrogen and oxygen atoms in total. The molecule has 0 aliphatic rings. The van der Waals surface area contributed by atoms with Gasteiger partial charge in [0.25, 0.3) is 21.8 Å². The molecule has 0 saturated heterocycles. The molecule has 3 N–H and O–H groups in total. The summed E-state index contributed by atoms with van der Waals surface area (Å²) in [5.74, 6) is -1.43. The normalized spacial score (nSPS) is 11.5. The Balaban J connectivity index is 2.37. The highest BCUT2D eigenvalue weighted by Gasteiger charge is 2.34. The lowest BCUT2D eigenvalue weighted by atomic mass is 9.91. The molecule has 0 unspecified atom stereocenters. The van der Waals surface area contributed by atoms with E-state index in [9.17, 15) is 18.0 Å². The molecular formula is C20H20ClN3O5S2. The van der Waals surface area contributed by atoms with E-state index in [1.165, 1.54) is 6.92 Å². The molecule has 0 bridgehead atoms. The number of amides is 1. The number of carbonyl (C=O) groups excluding carboxylic acids is 2. The molecule has 0 aliphatic carbocycles. The minimum Gasteiger partial charge on any atom is -0.365 e. The predicted octanol–water partition coefficient (Wildman–Crippen LogP) is 4.39. The Morgan fingerprint density at radius 1 is 1.16 bits per heavy atom. The number of hydrogen-bond acceptors (Lipinski definition) is 7. The van der Waals surface area contributed by atoms with Crippen molar-refractivity contribution < 1.29 is 22.5 Å². The largest absolute Gasteiger partial charge is 0.365 e. The average Bonchev–Trinajstić information content (AvgIpc) is 3.16. The molecular weight excluding hydrogens is 462 g/mol. The first kappa shape index (κ1) is 23.0. The highest BCUT2D eigenvalue weighted by Crippen LogP contribution is 2.43. The number of Topliss-reactive ketones (excluding diaryl/α,β-unsaturated/α-hetero) is 1. The number of nitrogens with zero attached hydrogens (tertiary/aromatic N) is 1. The molecule has 0 saturated carbocycles. The van der Waals surface area contributed by atoms with E-state index < -0.39 is 15.9 Å². The lowest BCUT2D eigenvalue weighted by Gasteiger charge is -2.15. The van der Waals surface area contributed by atoms with Gasteiger partial charge in [-0.1, -0.05) is 28.4 Å². The number of aryl methyl sites for hydroxylation is 4. The van der Waals surface area contributed by atoms with Gasteiger partial charge in [0.2, 0.25) is 0 Å². The van der Waals surface area contributed by atoms with E-state index in [1.807, 2.05) is 13.0 Å². The van der Waals surface area contributed by atoms with Crippen LogP contribution in [0.1, 0.15) is 48.7 Å². The number of carbonyl (C=O) groups is 2. The summed E-state index contributed by atoms with van der Waals surface area (Å²) in [7, 11) is -4.40. The quantitative estimate of drug-likeness (QED) is 0.501. The Bertz CT molecular complexity index is 1340. The van der Waals surface area contributed by atoms with Crippen LogP contribution in [0.25, 0.3) is 11.1 Å². The summed E-state index contributed by atoms with van der Waals surface area (Å²) in [5, 5.41) is 3.63. The first-order valence-corrected chi connectivity index (χ1v) is 11.7. The molecule has 3 rings (SSSR count). The fraction of sp³-hybridized carbons (Fsp3) is 0.250. The van der Waals surface area contributed by atoms with Crippen LogP contribution in [0.5, 0.6) is 0 Å². The smallest absolute Gasteiger partial charge is 0.266 e. The maximum absolute atomic E-state index is 13.4. The van der Waals surface area contributed by atoms with Crippen molar-refractivity contribution in [3.8, 4) is 11.1 Å². The van der Waals surface area contributed by atoms with Gasteiger partial charge in [-0.05, 0) is 51.8 Å². The summed E-state index contributed by atoms with van der Waals surface area (Å²) in [4.78, 5) is 24.6. The Hall–Kier alpha value is -2.69. The fourth-order valence-electron chi connectivity index (χ4n) is 3.40. The zero-order valence-corrected chi connectivity index (χ0v) is 19.8. The number of halogens is 1. The average molecular weight is 482 g/mol. The minimum absolute atomic E-state index is 0.00589. The summed E-state index contributed by atoms with van der Waals surface area (Å²) in [6.07, 6.45) is 0. The number of benzene rings is 1. The predicted molar refractivity (Wildman–Crippen MR) is 120 cm³/mol. The van der Waals surface area contributed by atoms with Crippen LogP contribution in [0.2, 0.25) is 5.02 Å². The third-order valence-corrected chi connectivity index (χ3v) is 7.75. The number of hydrogen-bond donors (Lipinski definition) is 2. The number of ketones is 1. The SMILES string of the molecule is CC(=O)c1cc(C)cc(C)c1-c1c(C)sc(C(N)=O)c1S(=O)(=O)Nc1onc(C)c1Cl. The van der Waals surface area contributed by atoms with E-state index in [0.29, 0.717) is 27.3 Å². The first-order chi connectivity index (χ1) is 14.3. The van der Waals surface area contributed by atoms with Crippen molar-refractivity contribution in [2.24, 2.45) is 5.73 Å². The zero-order chi connectivity index (χ0) is 23.2. The fourth-order valence-corrected chi connectivity index (χ4v) is 6.36. The third kappa shape index (κ3) is 4.10. The van der Waals surface area contributed by atoms with Gasteiger partial charge in [-0.2, -0.15) is 0 Å². The van der Waals surface area contributed by atoms with Crippen LogP contribution < -0.4 is 10.5 Å². The molecule has 0 spiro atoms. The Morgan fingerprint density at radius 2 is 1.81 bits per heavy atom. The van der Waals surface area contributed by atoms with Crippen LogP contribution in [-0.4, -0.2) is 25.3 Å². The molecule has 3 aromatic rings. The molecule has 0 atom stereocenters. The van der Waals surface area contributed by atoms with Crippen LogP contribution in [-0.2, 0) is 10.0 Å². The third-order valence-electron chi connectivity index (χ3n) is 4.66. The number of nitrogens with one attached hydrogen (secondary N) is 1. The van der Waals surface area contributed by atoms with Crippen molar-refractivity contribution >= 4 is 50.5 Å². The van der Waals surface area contributed by atoms with E-state index >= 15 is 0 Å². The maximum Gasteiger partial charge on any atom is 0.266 e. The van der Waals surface area contributed by atoms with Gasteiger partial charge in [-0.15, -0.1) is 11.3 Å². The molecule has 0 radical (unpaired) electrons.